The van der Waals surface area contributed by atoms with Gasteiger partial charge in [0.05, 0.1) is 0 Å². The van der Waals surface area contributed by atoms with Gasteiger partial charge in [-0.2, -0.15) is 0 Å². The first-order chi connectivity index (χ1) is 9.31. The molecule has 1 saturated heterocycles. The van der Waals surface area contributed by atoms with E-state index in [1.165, 1.54) is 6.42 Å². The van der Waals surface area contributed by atoms with Crippen molar-refractivity contribution in [1.82, 2.24) is 5.32 Å². The molecular weight excluding hydrogens is 280 g/mol. The lowest BCUT2D eigenvalue weighted by Gasteiger charge is -2.09. The molecule has 20 heavy (non-hydrogen) atoms. The van der Waals surface area contributed by atoms with E-state index in [2.05, 4.69) is 10.6 Å². The van der Waals surface area contributed by atoms with Gasteiger partial charge in [-0.25, -0.2) is 0 Å². The van der Waals surface area contributed by atoms with Gasteiger partial charge in [0.1, 0.15) is 0 Å². The fraction of sp³-hybridized carbons (Fsp3) is 0.500. The fourth-order valence-corrected chi connectivity index (χ4v) is 2.49. The van der Waals surface area contributed by atoms with Crippen molar-refractivity contribution in [2.75, 3.05) is 25.2 Å². The van der Waals surface area contributed by atoms with E-state index in [1.807, 2.05) is 12.1 Å². The van der Waals surface area contributed by atoms with Crippen LogP contribution >= 0.6 is 12.4 Å². The zero-order chi connectivity index (χ0) is 13.1. The molecule has 2 N–H and O–H groups in total. The minimum Gasteiger partial charge on any atom is -0.454 e. The van der Waals surface area contributed by atoms with E-state index in [9.17, 15) is 4.79 Å². The molecule has 0 aromatic heterocycles. The van der Waals surface area contributed by atoms with Crippen LogP contribution in [0.5, 0.6) is 11.5 Å². The van der Waals surface area contributed by atoms with Crippen molar-refractivity contribution in [3.63, 3.8) is 0 Å². The second-order valence-electron chi connectivity index (χ2n) is 5.01. The summed E-state index contributed by atoms with van der Waals surface area (Å²) in [5.74, 6) is 2.13. The Balaban J connectivity index is 0.00000147. The third-order valence-electron chi connectivity index (χ3n) is 3.60. The summed E-state index contributed by atoms with van der Waals surface area (Å²) >= 11 is 0. The van der Waals surface area contributed by atoms with Crippen LogP contribution in [0.25, 0.3) is 0 Å². The number of nitrogens with one attached hydrogen (secondary N) is 2. The zero-order valence-electron chi connectivity index (χ0n) is 11.2. The van der Waals surface area contributed by atoms with Crippen LogP contribution in [0, 0.1) is 5.92 Å². The molecule has 1 unspecified atom stereocenters. The van der Waals surface area contributed by atoms with Crippen LogP contribution in [0.15, 0.2) is 18.2 Å². The van der Waals surface area contributed by atoms with Crippen LogP contribution in [0.4, 0.5) is 5.69 Å². The van der Waals surface area contributed by atoms with Gasteiger partial charge in [-0.1, -0.05) is 0 Å². The predicted octanol–water partition coefficient (Wildman–Crippen LogP) is 2.17. The van der Waals surface area contributed by atoms with Crippen molar-refractivity contribution in [2.45, 2.75) is 19.3 Å². The minimum atomic E-state index is 0. The quantitative estimate of drug-likeness (QED) is 0.894. The van der Waals surface area contributed by atoms with Crippen LogP contribution < -0.4 is 20.1 Å². The highest BCUT2D eigenvalue weighted by atomic mass is 35.5. The van der Waals surface area contributed by atoms with Gasteiger partial charge in [0.2, 0.25) is 12.7 Å². The third-order valence-corrected chi connectivity index (χ3v) is 3.60. The highest BCUT2D eigenvalue weighted by Gasteiger charge is 2.17. The molecule has 110 valence electrons. The van der Waals surface area contributed by atoms with Gasteiger partial charge < -0.3 is 20.1 Å². The molecule has 1 fully saturated rings. The smallest absolute Gasteiger partial charge is 0.231 e. The number of rotatable bonds is 4. The molecule has 2 aliphatic rings. The Bertz CT molecular complexity index is 475. The lowest BCUT2D eigenvalue weighted by Crippen LogP contribution is -2.14. The number of hydrogen-bond acceptors (Lipinski definition) is 4. The van der Waals surface area contributed by atoms with Crippen LogP contribution in [0.2, 0.25) is 0 Å². The van der Waals surface area contributed by atoms with E-state index in [-0.39, 0.29) is 25.1 Å². The van der Waals surface area contributed by atoms with Gasteiger partial charge in [0, 0.05) is 18.2 Å². The molecular formula is C14H19ClN2O3. The molecule has 0 bridgehead atoms. The van der Waals surface area contributed by atoms with Crippen molar-refractivity contribution in [3.8, 4) is 11.5 Å². The molecule has 2 heterocycles. The lowest BCUT2D eigenvalue weighted by atomic mass is 10.0. The number of anilines is 1. The third kappa shape index (κ3) is 3.55. The first kappa shape index (κ1) is 14.9. The number of ether oxygens (including phenoxy) is 2. The van der Waals surface area contributed by atoms with E-state index >= 15 is 0 Å². The van der Waals surface area contributed by atoms with Crippen molar-refractivity contribution >= 4 is 24.0 Å². The molecule has 0 aliphatic carbocycles. The maximum Gasteiger partial charge on any atom is 0.231 e. The van der Waals surface area contributed by atoms with Gasteiger partial charge >= 0.3 is 0 Å². The molecule has 0 spiro atoms. The molecule has 0 radical (unpaired) electrons. The Kier molecular flexibility index (Phi) is 5.09. The van der Waals surface area contributed by atoms with Crippen LogP contribution in [0.3, 0.4) is 0 Å². The molecule has 5 nitrogen and oxygen atoms in total. The van der Waals surface area contributed by atoms with Crippen LogP contribution in [0.1, 0.15) is 19.3 Å². The van der Waals surface area contributed by atoms with E-state index < -0.39 is 0 Å². The number of carbonyl (C=O) groups is 1. The minimum absolute atomic E-state index is 0. The number of carbonyl (C=O) groups excluding carboxylic acids is 1. The van der Waals surface area contributed by atoms with Crippen molar-refractivity contribution in [2.24, 2.45) is 5.92 Å². The van der Waals surface area contributed by atoms with E-state index in [1.54, 1.807) is 6.07 Å². The summed E-state index contributed by atoms with van der Waals surface area (Å²) in [4.78, 5) is 11.9. The van der Waals surface area contributed by atoms with Crippen LogP contribution in [-0.2, 0) is 4.79 Å². The van der Waals surface area contributed by atoms with Gasteiger partial charge in [-0.15, -0.1) is 12.4 Å². The second-order valence-corrected chi connectivity index (χ2v) is 5.01. The summed E-state index contributed by atoms with van der Waals surface area (Å²) in [6.07, 6.45) is 2.70. The van der Waals surface area contributed by atoms with E-state index in [4.69, 9.17) is 9.47 Å². The van der Waals surface area contributed by atoms with Gasteiger partial charge in [0.25, 0.3) is 0 Å². The number of halogens is 1. The van der Waals surface area contributed by atoms with E-state index in [0.717, 1.165) is 30.9 Å². The first-order valence-electron chi connectivity index (χ1n) is 6.71. The fourth-order valence-electron chi connectivity index (χ4n) is 2.49. The molecule has 1 atom stereocenters. The normalized spacial score (nSPS) is 19.5. The van der Waals surface area contributed by atoms with Crippen molar-refractivity contribution < 1.29 is 14.3 Å². The standard InChI is InChI=1S/C14H18N2O3.ClH/c17-14(4-1-10-5-6-15-8-10)16-11-2-3-12-13(7-11)19-9-18-12;/h2-3,7,10,15H,1,4-6,8-9H2,(H,16,17);1H. The SMILES string of the molecule is Cl.O=C(CCC1CCNC1)Nc1ccc2c(c1)OCO2. The van der Waals surface area contributed by atoms with E-state index in [0.29, 0.717) is 18.1 Å². The van der Waals surface area contributed by atoms with Crippen molar-refractivity contribution in [1.29, 1.82) is 0 Å². The number of fused-ring (bicyclic) bond motifs is 1. The Morgan fingerprint density at radius 2 is 2.20 bits per heavy atom. The average Bonchev–Trinajstić information content (AvgIpc) is 3.07. The number of amides is 1. The Labute approximate surface area is 124 Å². The average molecular weight is 299 g/mol. The Morgan fingerprint density at radius 1 is 1.35 bits per heavy atom. The molecule has 1 aromatic rings. The predicted molar refractivity (Wildman–Crippen MR) is 78.7 cm³/mol. The van der Waals surface area contributed by atoms with Gasteiger partial charge in [-0.05, 0) is 44.0 Å². The molecule has 2 aliphatic heterocycles. The largest absolute Gasteiger partial charge is 0.454 e. The second kappa shape index (κ2) is 6.81. The molecule has 3 rings (SSSR count). The monoisotopic (exact) mass is 298 g/mol. The topological polar surface area (TPSA) is 59.6 Å². The van der Waals surface area contributed by atoms with Crippen LogP contribution in [-0.4, -0.2) is 25.8 Å². The summed E-state index contributed by atoms with van der Waals surface area (Å²) in [5, 5.41) is 6.21. The maximum atomic E-state index is 11.9. The van der Waals surface area contributed by atoms with Gasteiger partial charge in [-0.3, -0.25) is 4.79 Å². The van der Waals surface area contributed by atoms with Gasteiger partial charge in [0.15, 0.2) is 11.5 Å². The number of hydrogen-bond donors (Lipinski definition) is 2. The highest BCUT2D eigenvalue weighted by Crippen LogP contribution is 2.34. The molecule has 1 aromatic carbocycles. The molecule has 0 saturated carbocycles. The summed E-state index contributed by atoms with van der Waals surface area (Å²) < 4.78 is 10.5. The summed E-state index contributed by atoms with van der Waals surface area (Å²) in [7, 11) is 0. The van der Waals surface area contributed by atoms with Crippen molar-refractivity contribution in [3.05, 3.63) is 18.2 Å². The zero-order valence-corrected chi connectivity index (χ0v) is 12.0. The Morgan fingerprint density at radius 3 is 3.00 bits per heavy atom. The summed E-state index contributed by atoms with van der Waals surface area (Å²) in [6, 6.07) is 5.46. The first-order valence-corrected chi connectivity index (χ1v) is 6.71. The number of benzene rings is 1. The summed E-state index contributed by atoms with van der Waals surface area (Å²) in [6.45, 7) is 2.37. The lowest BCUT2D eigenvalue weighted by molar-refractivity contribution is -0.116. The Hall–Kier alpha value is -1.46. The highest BCUT2D eigenvalue weighted by molar-refractivity contribution is 5.91. The maximum absolute atomic E-state index is 11.9. The molecule has 1 amide bonds. The summed E-state index contributed by atoms with van der Waals surface area (Å²) in [5.41, 5.74) is 0.763. The molecule has 6 heteroatoms.